The van der Waals surface area contributed by atoms with Crippen LogP contribution in [0.15, 0.2) is 231 Å². The molecular formula is C61H50N4. The molecule has 0 radical (unpaired) electrons. The van der Waals surface area contributed by atoms with Crippen molar-refractivity contribution in [3.63, 3.8) is 0 Å². The van der Waals surface area contributed by atoms with E-state index in [1.54, 1.807) is 0 Å². The van der Waals surface area contributed by atoms with Gasteiger partial charge in [-0.15, -0.1) is 6.58 Å². The van der Waals surface area contributed by atoms with E-state index < -0.39 is 0 Å². The van der Waals surface area contributed by atoms with Gasteiger partial charge >= 0.3 is 0 Å². The number of para-hydroxylation sites is 3. The summed E-state index contributed by atoms with van der Waals surface area (Å²) in [4.78, 5) is 0. The number of nitrogens with one attached hydrogen (secondary N) is 1. The number of hydrogen-bond acceptors (Lipinski definition) is 1. The van der Waals surface area contributed by atoms with Gasteiger partial charge in [-0.2, -0.15) is 0 Å². The third-order valence-corrected chi connectivity index (χ3v) is 12.9. The number of allylic oxidation sites excluding steroid dienone is 12. The topological polar surface area (TPSA) is 26.8 Å². The molecule has 65 heavy (non-hydrogen) atoms. The minimum Gasteiger partial charge on any atom is -0.377 e. The molecule has 0 fully saturated rings. The molecule has 2 aliphatic rings. The third-order valence-electron chi connectivity index (χ3n) is 12.9. The van der Waals surface area contributed by atoms with E-state index in [2.05, 4.69) is 257 Å². The molecule has 0 saturated heterocycles. The summed E-state index contributed by atoms with van der Waals surface area (Å²) in [6.07, 6.45) is 36.1. The molecular weight excluding hydrogens is 789 g/mol. The van der Waals surface area contributed by atoms with Gasteiger partial charge in [-0.05, 0) is 84.7 Å². The second-order valence-corrected chi connectivity index (χ2v) is 16.9. The van der Waals surface area contributed by atoms with Crippen molar-refractivity contribution in [2.24, 2.45) is 5.92 Å². The van der Waals surface area contributed by atoms with Gasteiger partial charge in [-0.3, -0.25) is 0 Å². The lowest BCUT2D eigenvalue weighted by atomic mass is 9.97. The van der Waals surface area contributed by atoms with Crippen LogP contribution < -0.4 is 5.32 Å². The van der Waals surface area contributed by atoms with E-state index in [4.69, 9.17) is 0 Å². The summed E-state index contributed by atoms with van der Waals surface area (Å²) in [6.45, 7) is 6.73. The van der Waals surface area contributed by atoms with Gasteiger partial charge in [0.1, 0.15) is 0 Å². The van der Waals surface area contributed by atoms with E-state index in [0.717, 1.165) is 30.0 Å². The van der Waals surface area contributed by atoms with Crippen molar-refractivity contribution in [1.29, 1.82) is 0 Å². The number of aromatic nitrogens is 3. The quantitative estimate of drug-likeness (QED) is 0.102. The van der Waals surface area contributed by atoms with Gasteiger partial charge in [0.2, 0.25) is 0 Å². The molecule has 314 valence electrons. The molecule has 4 heteroatoms. The van der Waals surface area contributed by atoms with E-state index >= 15 is 0 Å². The number of hydrogen-bond donors (Lipinski definition) is 1. The van der Waals surface area contributed by atoms with Gasteiger partial charge in [0.25, 0.3) is 0 Å². The lowest BCUT2D eigenvalue weighted by molar-refractivity contribution is 0.655. The smallest absolute Gasteiger partial charge is 0.0699 e. The largest absolute Gasteiger partial charge is 0.377 e. The van der Waals surface area contributed by atoms with Crippen LogP contribution in [0.4, 0.5) is 0 Å². The van der Waals surface area contributed by atoms with E-state index in [1.807, 2.05) is 6.08 Å². The zero-order chi connectivity index (χ0) is 43.7. The zero-order valence-corrected chi connectivity index (χ0v) is 36.6. The second-order valence-electron chi connectivity index (χ2n) is 16.9. The Bertz CT molecular complexity index is 3510. The molecule has 3 aromatic heterocycles. The van der Waals surface area contributed by atoms with Crippen molar-refractivity contribution in [2.45, 2.75) is 25.9 Å². The van der Waals surface area contributed by atoms with Gasteiger partial charge in [-0.1, -0.05) is 170 Å². The SMILES string of the molecule is C=CC/C=C\c1ccccc1Cn1c2ccccc2c2ccc3c(c(/C=C\C=C/C)cn3C3=CC(C4=CC=CC(c5cccc(-n6c7ccccc7c7ccccc76)c5)N4)C=CC=C3)c21. The average Bonchev–Trinajstić information content (AvgIpc) is 3.92. The molecule has 0 amide bonds. The highest BCUT2D eigenvalue weighted by Crippen LogP contribution is 2.40. The van der Waals surface area contributed by atoms with Gasteiger partial charge in [0.15, 0.2) is 0 Å². The number of nitrogens with zero attached hydrogens (tertiary/aromatic N) is 3. The van der Waals surface area contributed by atoms with Crippen molar-refractivity contribution >= 4 is 72.4 Å². The van der Waals surface area contributed by atoms with Crippen LogP contribution in [0.5, 0.6) is 0 Å². The molecule has 1 aliphatic carbocycles. The molecule has 11 rings (SSSR count). The summed E-state index contributed by atoms with van der Waals surface area (Å²) in [5.74, 6) is 0.0215. The Balaban J connectivity index is 0.984. The Kier molecular flexibility index (Phi) is 10.5. The first kappa shape index (κ1) is 39.7. The summed E-state index contributed by atoms with van der Waals surface area (Å²) in [5.41, 5.74) is 14.4. The molecule has 4 heterocycles. The van der Waals surface area contributed by atoms with Gasteiger partial charge in [0.05, 0.1) is 28.1 Å². The molecule has 0 bridgehead atoms. The first-order chi connectivity index (χ1) is 32.2. The molecule has 9 aromatic rings. The Labute approximate surface area is 380 Å². The van der Waals surface area contributed by atoms with Crippen molar-refractivity contribution in [3.05, 3.63) is 253 Å². The van der Waals surface area contributed by atoms with Crippen LogP contribution in [0.1, 0.15) is 41.6 Å². The predicted molar refractivity (Wildman–Crippen MR) is 278 cm³/mol. The fourth-order valence-corrected chi connectivity index (χ4v) is 9.96. The number of benzene rings is 6. The summed E-state index contributed by atoms with van der Waals surface area (Å²) in [5, 5.41) is 10.2. The molecule has 1 N–H and O–H groups in total. The van der Waals surface area contributed by atoms with Crippen molar-refractivity contribution in [1.82, 2.24) is 19.0 Å². The standard InChI is InChI=1S/C61H50N4/c1-3-5-7-21-43-22-9-10-24-46(43)41-64-56-34-16-13-31-52(56)53-37-38-59-60(61(53)64)47(25-8-6-4-2)42-63(59)48-27-12-11-23-44(39-48)54-32-20-33-55(62-54)45-26-19-28-49(40-45)65-57-35-17-14-29-50(57)51-30-15-18-36-58(51)65/h3-4,6-40,42,44,55,62H,1,5,41H2,2H3/b6-4-,21-7-,25-8-. The summed E-state index contributed by atoms with van der Waals surface area (Å²) in [6, 6.07) is 48.7. The molecule has 0 saturated carbocycles. The van der Waals surface area contributed by atoms with E-state index in [-0.39, 0.29) is 12.0 Å². The Morgan fingerprint density at radius 2 is 1.42 bits per heavy atom. The molecule has 6 aromatic carbocycles. The van der Waals surface area contributed by atoms with Crippen LogP contribution in [0.3, 0.4) is 0 Å². The van der Waals surface area contributed by atoms with Crippen LogP contribution in [0.25, 0.3) is 78.1 Å². The monoisotopic (exact) mass is 838 g/mol. The van der Waals surface area contributed by atoms with Crippen LogP contribution in [0.2, 0.25) is 0 Å². The van der Waals surface area contributed by atoms with Crippen molar-refractivity contribution in [2.75, 3.05) is 0 Å². The van der Waals surface area contributed by atoms with Crippen LogP contribution in [-0.4, -0.2) is 13.7 Å². The first-order valence-corrected chi connectivity index (χ1v) is 22.7. The number of fused-ring (bicyclic) bond motifs is 8. The minimum absolute atomic E-state index is 0.0121. The normalized spacial score (nSPS) is 16.5. The summed E-state index contributed by atoms with van der Waals surface area (Å²) < 4.78 is 7.32. The number of rotatable bonds is 11. The van der Waals surface area contributed by atoms with Gasteiger partial charge in [0, 0.05) is 73.8 Å². The Morgan fingerprint density at radius 3 is 2.22 bits per heavy atom. The second kappa shape index (κ2) is 17.2. The molecule has 4 nitrogen and oxygen atoms in total. The highest BCUT2D eigenvalue weighted by Gasteiger charge is 2.23. The van der Waals surface area contributed by atoms with Crippen LogP contribution in [0, 0.1) is 5.92 Å². The van der Waals surface area contributed by atoms with Gasteiger partial charge < -0.3 is 19.0 Å². The molecule has 0 spiro atoms. The Morgan fingerprint density at radius 1 is 0.662 bits per heavy atom. The highest BCUT2D eigenvalue weighted by molar-refractivity contribution is 6.20. The summed E-state index contributed by atoms with van der Waals surface area (Å²) in [7, 11) is 0. The number of dihydropyridines is 1. The zero-order valence-electron chi connectivity index (χ0n) is 36.6. The lowest BCUT2D eigenvalue weighted by Crippen LogP contribution is -2.25. The maximum Gasteiger partial charge on any atom is 0.0699 e. The first-order valence-electron chi connectivity index (χ1n) is 22.7. The van der Waals surface area contributed by atoms with E-state index in [1.165, 1.54) is 76.8 Å². The maximum absolute atomic E-state index is 3.95. The lowest BCUT2D eigenvalue weighted by Gasteiger charge is -2.26. The fraction of sp³-hybridized carbons (Fsp3) is 0.0820. The average molecular weight is 839 g/mol. The molecule has 2 atom stereocenters. The van der Waals surface area contributed by atoms with E-state index in [0.29, 0.717) is 0 Å². The summed E-state index contributed by atoms with van der Waals surface area (Å²) >= 11 is 0. The minimum atomic E-state index is 0.0121. The van der Waals surface area contributed by atoms with Crippen LogP contribution >= 0.6 is 0 Å². The third kappa shape index (κ3) is 7.23. The molecule has 1 aliphatic heterocycles. The van der Waals surface area contributed by atoms with Crippen LogP contribution in [-0.2, 0) is 6.54 Å². The maximum atomic E-state index is 3.95. The Hall–Kier alpha value is -8.08. The highest BCUT2D eigenvalue weighted by atomic mass is 15.0. The van der Waals surface area contributed by atoms with Crippen molar-refractivity contribution < 1.29 is 0 Å². The van der Waals surface area contributed by atoms with Gasteiger partial charge in [-0.25, -0.2) is 0 Å². The predicted octanol–water partition coefficient (Wildman–Crippen LogP) is 15.4. The fourth-order valence-electron chi connectivity index (χ4n) is 9.96. The van der Waals surface area contributed by atoms with E-state index in [9.17, 15) is 0 Å². The molecule has 2 unspecified atom stereocenters. The van der Waals surface area contributed by atoms with Crippen molar-refractivity contribution in [3.8, 4) is 5.69 Å².